The Morgan fingerprint density at radius 2 is 1.55 bits per heavy atom. The monoisotopic (exact) mass is 564 g/mol. The van der Waals surface area contributed by atoms with E-state index >= 15 is 4.39 Å². The first kappa shape index (κ1) is 28.9. The molecule has 1 saturated heterocycles. The molecule has 12 heteroatoms. The van der Waals surface area contributed by atoms with E-state index in [0.29, 0.717) is 13.1 Å². The van der Waals surface area contributed by atoms with Gasteiger partial charge in [-0.3, -0.25) is 14.5 Å². The van der Waals surface area contributed by atoms with Gasteiger partial charge in [-0.05, 0) is 68.9 Å². The van der Waals surface area contributed by atoms with Gasteiger partial charge < -0.3 is 16.0 Å². The zero-order valence-electron chi connectivity index (χ0n) is 21.7. The first-order valence-corrected chi connectivity index (χ1v) is 12.3. The summed E-state index contributed by atoms with van der Waals surface area (Å²) in [6.45, 7) is 4.72. The molecule has 40 heavy (non-hydrogen) atoms. The molecule has 0 spiro atoms. The van der Waals surface area contributed by atoms with Crippen LogP contribution in [0, 0.1) is 17.5 Å². The second kappa shape index (κ2) is 10.8. The van der Waals surface area contributed by atoms with Crippen LogP contribution in [0.4, 0.5) is 37.7 Å². The molecule has 1 aliphatic rings. The molecule has 0 bridgehead atoms. The number of nitrogens with two attached hydrogens (primary N) is 1. The standard InChI is InChI=1S/C28H26F6N4O2/c1-14-12-38(13-15(2)37(14)3)25-11-23(31)19(16-4-7-22(30)20(8-16)26(35)39)10-24(25)36-27(40)18-6-5-17(29)9-21(18)28(32,33)34/h4-11,14-15H,12-13H2,1-3H3,(H2,35,39)(H,36,40)/t14-,15+. The Bertz CT molecular complexity index is 1460. The lowest BCUT2D eigenvalue weighted by Gasteiger charge is -2.44. The summed E-state index contributed by atoms with van der Waals surface area (Å²) in [5, 5.41) is 2.43. The highest BCUT2D eigenvalue weighted by atomic mass is 19.4. The predicted octanol–water partition coefficient (Wildman–Crippen LogP) is 5.67. The summed E-state index contributed by atoms with van der Waals surface area (Å²) in [6, 6.07) is 7.20. The largest absolute Gasteiger partial charge is 0.417 e. The molecular weight excluding hydrogens is 538 g/mol. The van der Waals surface area contributed by atoms with Crippen LogP contribution < -0.4 is 16.0 Å². The smallest absolute Gasteiger partial charge is 0.367 e. The van der Waals surface area contributed by atoms with Crippen LogP contribution in [-0.4, -0.2) is 48.9 Å². The second-order valence-corrected chi connectivity index (χ2v) is 9.82. The number of carbonyl (C=O) groups excluding carboxylic acids is 2. The fraction of sp³-hybridized carbons (Fsp3) is 0.286. The van der Waals surface area contributed by atoms with Gasteiger partial charge >= 0.3 is 6.18 Å². The Morgan fingerprint density at radius 1 is 0.900 bits per heavy atom. The molecule has 0 radical (unpaired) electrons. The third kappa shape index (κ3) is 5.76. The Kier molecular flexibility index (Phi) is 7.84. The first-order chi connectivity index (χ1) is 18.7. The zero-order valence-corrected chi connectivity index (χ0v) is 21.7. The number of hydrogen-bond acceptors (Lipinski definition) is 4. The molecule has 2 amide bonds. The molecule has 0 aliphatic carbocycles. The van der Waals surface area contributed by atoms with E-state index in [1.807, 2.05) is 20.9 Å². The van der Waals surface area contributed by atoms with Gasteiger partial charge in [-0.2, -0.15) is 13.2 Å². The van der Waals surface area contributed by atoms with Crippen LogP contribution >= 0.6 is 0 Å². The summed E-state index contributed by atoms with van der Waals surface area (Å²) in [4.78, 5) is 28.7. The molecule has 6 nitrogen and oxygen atoms in total. The number of hydrogen-bond donors (Lipinski definition) is 2. The number of nitrogens with one attached hydrogen (secondary N) is 1. The molecule has 3 N–H and O–H groups in total. The Morgan fingerprint density at radius 3 is 2.15 bits per heavy atom. The molecule has 3 aromatic rings. The molecule has 4 rings (SSSR count). The SMILES string of the molecule is C[C@@H]1CN(c2cc(F)c(-c3ccc(F)c(C(N)=O)c3)cc2NC(=O)c2ccc(F)cc2C(F)(F)F)C[C@H](C)N1C. The van der Waals surface area contributed by atoms with Crippen molar-refractivity contribution in [3.63, 3.8) is 0 Å². The molecule has 3 aromatic carbocycles. The zero-order chi connectivity index (χ0) is 29.5. The number of likely N-dealkylation sites (N-methyl/N-ethyl adjacent to an activating group) is 1. The summed E-state index contributed by atoms with van der Waals surface area (Å²) in [5.41, 5.74) is 2.48. The maximum Gasteiger partial charge on any atom is 0.417 e. The van der Waals surface area contributed by atoms with Gasteiger partial charge in [0.05, 0.1) is 28.1 Å². The van der Waals surface area contributed by atoms with Gasteiger partial charge in [0, 0.05) is 30.7 Å². The lowest BCUT2D eigenvalue weighted by molar-refractivity contribution is -0.138. The van der Waals surface area contributed by atoms with E-state index in [-0.39, 0.29) is 40.7 Å². The van der Waals surface area contributed by atoms with E-state index in [9.17, 15) is 31.5 Å². The van der Waals surface area contributed by atoms with Crippen LogP contribution in [-0.2, 0) is 6.18 Å². The van der Waals surface area contributed by atoms with Gasteiger partial charge in [-0.1, -0.05) is 6.07 Å². The van der Waals surface area contributed by atoms with E-state index in [1.165, 1.54) is 12.1 Å². The van der Waals surface area contributed by atoms with Crippen molar-refractivity contribution in [1.82, 2.24) is 4.90 Å². The first-order valence-electron chi connectivity index (χ1n) is 12.3. The third-order valence-electron chi connectivity index (χ3n) is 7.11. The quantitative estimate of drug-likeness (QED) is 0.392. The highest BCUT2D eigenvalue weighted by Gasteiger charge is 2.36. The van der Waals surface area contributed by atoms with Gasteiger partial charge in [0.1, 0.15) is 17.5 Å². The summed E-state index contributed by atoms with van der Waals surface area (Å²) in [5.74, 6) is -5.15. The molecule has 212 valence electrons. The number of benzene rings is 3. The molecule has 1 heterocycles. The Hall–Kier alpha value is -4.06. The van der Waals surface area contributed by atoms with Crippen molar-refractivity contribution in [1.29, 1.82) is 0 Å². The van der Waals surface area contributed by atoms with Crippen molar-refractivity contribution in [2.24, 2.45) is 5.73 Å². The summed E-state index contributed by atoms with van der Waals surface area (Å²) in [6.07, 6.45) is -5.02. The van der Waals surface area contributed by atoms with Crippen LogP contribution in [0.2, 0.25) is 0 Å². The fourth-order valence-electron chi connectivity index (χ4n) is 4.77. The van der Waals surface area contributed by atoms with Crippen LogP contribution in [0.25, 0.3) is 11.1 Å². The second-order valence-electron chi connectivity index (χ2n) is 9.82. The number of amides is 2. The number of alkyl halides is 3. The number of rotatable bonds is 5. The Balaban J connectivity index is 1.85. The molecule has 1 fully saturated rings. The van der Waals surface area contributed by atoms with Gasteiger partial charge in [0.25, 0.3) is 11.8 Å². The highest BCUT2D eigenvalue weighted by Crippen LogP contribution is 2.38. The summed E-state index contributed by atoms with van der Waals surface area (Å²) < 4.78 is 84.1. The number of nitrogens with zero attached hydrogens (tertiary/aromatic N) is 2. The lowest BCUT2D eigenvalue weighted by atomic mass is 9.99. The Labute approximate surface area is 226 Å². The molecule has 0 aromatic heterocycles. The van der Waals surface area contributed by atoms with Crippen molar-refractivity contribution in [2.75, 3.05) is 30.4 Å². The van der Waals surface area contributed by atoms with Crippen LogP contribution in [0.5, 0.6) is 0 Å². The van der Waals surface area contributed by atoms with Crippen molar-refractivity contribution in [3.8, 4) is 11.1 Å². The average Bonchev–Trinajstić information content (AvgIpc) is 2.87. The van der Waals surface area contributed by atoms with Crippen molar-refractivity contribution >= 4 is 23.2 Å². The predicted molar refractivity (Wildman–Crippen MR) is 139 cm³/mol. The number of anilines is 2. The van der Waals surface area contributed by atoms with E-state index < -0.39 is 52.1 Å². The van der Waals surface area contributed by atoms with Gasteiger partial charge in [-0.25, -0.2) is 13.2 Å². The number of halogens is 6. The van der Waals surface area contributed by atoms with E-state index in [2.05, 4.69) is 10.2 Å². The summed E-state index contributed by atoms with van der Waals surface area (Å²) >= 11 is 0. The van der Waals surface area contributed by atoms with Crippen LogP contribution in [0.1, 0.15) is 40.1 Å². The van der Waals surface area contributed by atoms with Gasteiger partial charge in [-0.15, -0.1) is 0 Å². The van der Waals surface area contributed by atoms with Crippen LogP contribution in [0.3, 0.4) is 0 Å². The van der Waals surface area contributed by atoms with Gasteiger partial charge in [0.15, 0.2) is 0 Å². The lowest BCUT2D eigenvalue weighted by Crippen LogP contribution is -2.55. The molecule has 0 unspecified atom stereocenters. The fourth-order valence-corrected chi connectivity index (χ4v) is 4.77. The number of primary amides is 1. The van der Waals surface area contributed by atoms with Crippen molar-refractivity contribution in [2.45, 2.75) is 32.1 Å². The number of piperazine rings is 1. The molecule has 0 saturated carbocycles. The van der Waals surface area contributed by atoms with Crippen molar-refractivity contribution < 1.29 is 35.9 Å². The number of carbonyl (C=O) groups is 2. The topological polar surface area (TPSA) is 78.7 Å². The highest BCUT2D eigenvalue weighted by molar-refractivity contribution is 6.07. The maximum atomic E-state index is 15.6. The minimum Gasteiger partial charge on any atom is -0.367 e. The van der Waals surface area contributed by atoms with Gasteiger partial charge in [0.2, 0.25) is 0 Å². The van der Waals surface area contributed by atoms with Crippen LogP contribution in [0.15, 0.2) is 48.5 Å². The van der Waals surface area contributed by atoms with E-state index in [0.717, 1.165) is 30.3 Å². The molecule has 2 atom stereocenters. The normalized spacial score (nSPS) is 18.1. The molecule has 1 aliphatic heterocycles. The maximum absolute atomic E-state index is 15.6. The average molecular weight is 565 g/mol. The minimum absolute atomic E-state index is 0.0131. The third-order valence-corrected chi connectivity index (χ3v) is 7.11. The van der Waals surface area contributed by atoms with E-state index in [1.54, 1.807) is 4.90 Å². The van der Waals surface area contributed by atoms with Crippen molar-refractivity contribution in [3.05, 3.63) is 82.7 Å². The van der Waals surface area contributed by atoms with E-state index in [4.69, 9.17) is 5.73 Å². The molecular formula is C28H26F6N4O2. The minimum atomic E-state index is -5.02. The summed E-state index contributed by atoms with van der Waals surface area (Å²) in [7, 11) is 1.93.